The van der Waals surface area contributed by atoms with Crippen LogP contribution in [0.4, 0.5) is 0 Å². The summed E-state index contributed by atoms with van der Waals surface area (Å²) >= 11 is 0. The number of methoxy groups -OCH3 is 1. The maximum Gasteiger partial charge on any atom is 0.234 e. The van der Waals surface area contributed by atoms with E-state index in [2.05, 4.69) is 10.6 Å². The van der Waals surface area contributed by atoms with E-state index in [0.29, 0.717) is 18.7 Å². The first-order chi connectivity index (χ1) is 6.90. The number of nitrogens with one attached hydrogen (secondary N) is 2. The molecule has 1 fully saturated rings. The van der Waals surface area contributed by atoms with Crippen LogP contribution in [0.25, 0.3) is 0 Å². The average molecular weight is 214 g/mol. The number of carbonyl (C=O) groups excluding carboxylic acids is 1. The standard InChI is InChI=1S/C11H22N2O2/c1-11(2,3)12-7-10(14)13-8-5-9(6-8)15-4/h8-9,12H,5-7H2,1-4H3,(H,13,14). The molecule has 1 amide bonds. The average Bonchev–Trinajstić information content (AvgIpc) is 2.06. The second-order valence-electron chi connectivity index (χ2n) is 5.20. The second kappa shape index (κ2) is 4.94. The SMILES string of the molecule is COC1CC(NC(=O)CNC(C)(C)C)C1. The summed E-state index contributed by atoms with van der Waals surface area (Å²) < 4.78 is 5.15. The predicted molar refractivity (Wildman–Crippen MR) is 59.7 cm³/mol. The molecule has 0 saturated heterocycles. The van der Waals surface area contributed by atoms with Crippen molar-refractivity contribution >= 4 is 5.91 Å². The molecule has 4 heteroatoms. The van der Waals surface area contributed by atoms with Gasteiger partial charge in [-0.1, -0.05) is 0 Å². The van der Waals surface area contributed by atoms with Crippen LogP contribution in [0, 0.1) is 0 Å². The van der Waals surface area contributed by atoms with E-state index in [1.807, 2.05) is 20.8 Å². The zero-order valence-electron chi connectivity index (χ0n) is 10.1. The fourth-order valence-electron chi connectivity index (χ4n) is 1.50. The molecule has 0 bridgehead atoms. The topological polar surface area (TPSA) is 50.4 Å². The van der Waals surface area contributed by atoms with E-state index in [-0.39, 0.29) is 11.4 Å². The molecular weight excluding hydrogens is 192 g/mol. The van der Waals surface area contributed by atoms with Crippen LogP contribution in [0.15, 0.2) is 0 Å². The molecule has 0 aromatic rings. The fraction of sp³-hybridized carbons (Fsp3) is 0.909. The lowest BCUT2D eigenvalue weighted by Crippen LogP contribution is -2.51. The molecular formula is C11H22N2O2. The van der Waals surface area contributed by atoms with Gasteiger partial charge in [0, 0.05) is 18.7 Å². The molecule has 1 rings (SSSR count). The van der Waals surface area contributed by atoms with Crippen LogP contribution >= 0.6 is 0 Å². The van der Waals surface area contributed by atoms with Gasteiger partial charge in [0.25, 0.3) is 0 Å². The van der Waals surface area contributed by atoms with Crippen LogP contribution in [-0.4, -0.2) is 37.2 Å². The van der Waals surface area contributed by atoms with Crippen molar-refractivity contribution in [1.82, 2.24) is 10.6 Å². The molecule has 2 N–H and O–H groups in total. The first kappa shape index (κ1) is 12.5. The lowest BCUT2D eigenvalue weighted by molar-refractivity contribution is -0.122. The molecule has 0 spiro atoms. The fourth-order valence-corrected chi connectivity index (χ4v) is 1.50. The third-order valence-corrected chi connectivity index (χ3v) is 2.57. The van der Waals surface area contributed by atoms with Gasteiger partial charge in [0.15, 0.2) is 0 Å². The van der Waals surface area contributed by atoms with Crippen molar-refractivity contribution in [2.75, 3.05) is 13.7 Å². The summed E-state index contributed by atoms with van der Waals surface area (Å²) in [5.41, 5.74) is -0.00792. The molecule has 88 valence electrons. The van der Waals surface area contributed by atoms with Crippen LogP contribution < -0.4 is 10.6 Å². The summed E-state index contributed by atoms with van der Waals surface area (Å²) in [4.78, 5) is 11.5. The van der Waals surface area contributed by atoms with Crippen LogP contribution in [0.3, 0.4) is 0 Å². The highest BCUT2D eigenvalue weighted by Crippen LogP contribution is 2.22. The predicted octanol–water partition coefficient (Wildman–Crippen LogP) is 0.668. The molecule has 0 aromatic heterocycles. The summed E-state index contributed by atoms with van der Waals surface area (Å²) in [6, 6.07) is 0.309. The Kier molecular flexibility index (Phi) is 4.11. The maximum absolute atomic E-state index is 11.5. The van der Waals surface area contributed by atoms with Crippen molar-refractivity contribution in [1.29, 1.82) is 0 Å². The molecule has 0 atom stereocenters. The monoisotopic (exact) mass is 214 g/mol. The van der Waals surface area contributed by atoms with E-state index in [0.717, 1.165) is 12.8 Å². The first-order valence-electron chi connectivity index (χ1n) is 5.48. The van der Waals surface area contributed by atoms with Gasteiger partial charge in [0.05, 0.1) is 12.6 Å². The molecule has 15 heavy (non-hydrogen) atoms. The van der Waals surface area contributed by atoms with Crippen LogP contribution in [0.5, 0.6) is 0 Å². The van der Waals surface area contributed by atoms with Crippen molar-refractivity contribution in [2.24, 2.45) is 0 Å². The minimum atomic E-state index is -0.00792. The highest BCUT2D eigenvalue weighted by molar-refractivity contribution is 5.78. The molecule has 0 unspecified atom stereocenters. The van der Waals surface area contributed by atoms with E-state index >= 15 is 0 Å². The molecule has 1 aliphatic carbocycles. The minimum absolute atomic E-state index is 0.00792. The zero-order valence-corrected chi connectivity index (χ0v) is 10.1. The number of amides is 1. The summed E-state index contributed by atoms with van der Waals surface area (Å²) in [6.45, 7) is 6.53. The Hall–Kier alpha value is -0.610. The number of hydrogen-bond donors (Lipinski definition) is 2. The lowest BCUT2D eigenvalue weighted by atomic mass is 9.89. The number of rotatable bonds is 4. The van der Waals surface area contributed by atoms with Gasteiger partial charge in [-0.15, -0.1) is 0 Å². The van der Waals surface area contributed by atoms with Gasteiger partial charge in [0.1, 0.15) is 0 Å². The third-order valence-electron chi connectivity index (χ3n) is 2.57. The quantitative estimate of drug-likeness (QED) is 0.723. The van der Waals surface area contributed by atoms with E-state index in [1.165, 1.54) is 0 Å². The Labute approximate surface area is 91.8 Å². The first-order valence-corrected chi connectivity index (χ1v) is 5.48. The molecule has 0 aliphatic heterocycles. The molecule has 4 nitrogen and oxygen atoms in total. The summed E-state index contributed by atoms with van der Waals surface area (Å²) in [7, 11) is 1.71. The van der Waals surface area contributed by atoms with E-state index in [9.17, 15) is 4.79 Å². The Balaban J connectivity index is 2.10. The Bertz CT molecular complexity index is 217. The third kappa shape index (κ3) is 4.62. The van der Waals surface area contributed by atoms with Gasteiger partial charge in [0.2, 0.25) is 5.91 Å². The van der Waals surface area contributed by atoms with E-state index in [4.69, 9.17) is 4.74 Å². The van der Waals surface area contributed by atoms with Gasteiger partial charge in [-0.2, -0.15) is 0 Å². The minimum Gasteiger partial charge on any atom is -0.381 e. The van der Waals surface area contributed by atoms with Gasteiger partial charge < -0.3 is 15.4 Å². The molecule has 1 saturated carbocycles. The van der Waals surface area contributed by atoms with E-state index < -0.39 is 0 Å². The van der Waals surface area contributed by atoms with Crippen molar-refractivity contribution < 1.29 is 9.53 Å². The van der Waals surface area contributed by atoms with E-state index in [1.54, 1.807) is 7.11 Å². The smallest absolute Gasteiger partial charge is 0.234 e. The Morgan fingerprint density at radius 1 is 1.40 bits per heavy atom. The van der Waals surface area contributed by atoms with Gasteiger partial charge >= 0.3 is 0 Å². The molecule has 1 aliphatic rings. The van der Waals surface area contributed by atoms with Crippen LogP contribution in [-0.2, 0) is 9.53 Å². The second-order valence-corrected chi connectivity index (χ2v) is 5.20. The number of hydrogen-bond acceptors (Lipinski definition) is 3. The normalized spacial score (nSPS) is 25.9. The van der Waals surface area contributed by atoms with Crippen LogP contribution in [0.2, 0.25) is 0 Å². The zero-order chi connectivity index (χ0) is 11.5. The van der Waals surface area contributed by atoms with Gasteiger partial charge in [-0.3, -0.25) is 4.79 Å². The maximum atomic E-state index is 11.5. The number of carbonyl (C=O) groups is 1. The van der Waals surface area contributed by atoms with Crippen molar-refractivity contribution in [3.8, 4) is 0 Å². The Morgan fingerprint density at radius 3 is 2.47 bits per heavy atom. The summed E-state index contributed by atoms with van der Waals surface area (Å²) in [5, 5.41) is 6.13. The van der Waals surface area contributed by atoms with Gasteiger partial charge in [-0.25, -0.2) is 0 Å². The van der Waals surface area contributed by atoms with Crippen molar-refractivity contribution in [2.45, 2.75) is 51.3 Å². The highest BCUT2D eigenvalue weighted by Gasteiger charge is 2.30. The Morgan fingerprint density at radius 2 is 2.00 bits per heavy atom. The summed E-state index contributed by atoms with van der Waals surface area (Å²) in [6.07, 6.45) is 2.22. The number of ether oxygens (including phenoxy) is 1. The van der Waals surface area contributed by atoms with Crippen LogP contribution in [0.1, 0.15) is 33.6 Å². The molecule has 0 aromatic carbocycles. The highest BCUT2D eigenvalue weighted by atomic mass is 16.5. The molecule has 0 heterocycles. The lowest BCUT2D eigenvalue weighted by Gasteiger charge is -2.34. The largest absolute Gasteiger partial charge is 0.381 e. The summed E-state index contributed by atoms with van der Waals surface area (Å²) in [5.74, 6) is 0.0736. The van der Waals surface area contributed by atoms with Crippen molar-refractivity contribution in [3.63, 3.8) is 0 Å². The van der Waals surface area contributed by atoms with Crippen molar-refractivity contribution in [3.05, 3.63) is 0 Å². The van der Waals surface area contributed by atoms with Gasteiger partial charge in [-0.05, 0) is 33.6 Å². The molecule has 0 radical (unpaired) electrons.